The van der Waals surface area contributed by atoms with Gasteiger partial charge in [0.05, 0.1) is 14.2 Å². The van der Waals surface area contributed by atoms with E-state index in [2.05, 4.69) is 5.32 Å². The van der Waals surface area contributed by atoms with Gasteiger partial charge < -0.3 is 29.0 Å². The monoisotopic (exact) mass is 401 g/mol. The lowest BCUT2D eigenvalue weighted by Crippen LogP contribution is -2.21. The Labute approximate surface area is 168 Å². The Balaban J connectivity index is 1.45. The van der Waals surface area contributed by atoms with Crippen molar-refractivity contribution in [1.82, 2.24) is 0 Å². The summed E-state index contributed by atoms with van der Waals surface area (Å²) < 4.78 is 26.4. The second-order valence-electron chi connectivity index (χ2n) is 6.29. The van der Waals surface area contributed by atoms with E-state index in [1.165, 1.54) is 0 Å². The van der Waals surface area contributed by atoms with Crippen molar-refractivity contribution in [3.8, 4) is 23.0 Å². The van der Waals surface area contributed by atoms with E-state index >= 15 is 0 Å². The average molecular weight is 401 g/mol. The number of hydrogen-bond donors (Lipinski definition) is 1. The number of benzene rings is 2. The Morgan fingerprint density at radius 1 is 0.966 bits per heavy atom. The van der Waals surface area contributed by atoms with E-state index < -0.39 is 11.9 Å². The molecule has 1 amide bonds. The number of esters is 1. The predicted molar refractivity (Wildman–Crippen MR) is 105 cm³/mol. The van der Waals surface area contributed by atoms with Gasteiger partial charge in [-0.15, -0.1) is 0 Å². The molecule has 0 bridgehead atoms. The summed E-state index contributed by atoms with van der Waals surface area (Å²) in [6.45, 7) is 0.590. The minimum absolute atomic E-state index is 0.133. The van der Waals surface area contributed by atoms with Crippen molar-refractivity contribution in [1.29, 1.82) is 0 Å². The Morgan fingerprint density at radius 2 is 1.66 bits per heavy atom. The fourth-order valence-corrected chi connectivity index (χ4v) is 2.79. The Kier molecular flexibility index (Phi) is 6.78. The number of aryl methyl sites for hydroxylation is 1. The fraction of sp³-hybridized carbons (Fsp3) is 0.333. The van der Waals surface area contributed by atoms with Crippen LogP contribution in [0.4, 0.5) is 5.69 Å². The maximum absolute atomic E-state index is 12.0. The van der Waals surface area contributed by atoms with E-state index in [-0.39, 0.29) is 13.0 Å². The standard InChI is InChI=1S/C21H23NO7/c1-25-16-9-14(10-17(12-16)26-2)3-6-21(24)29-13-20(23)22-15-4-5-18-19(11-15)28-8-7-27-18/h4-5,9-12H,3,6-8,13H2,1-2H3,(H,22,23). The molecule has 0 aromatic heterocycles. The van der Waals surface area contributed by atoms with Gasteiger partial charge in [-0.25, -0.2) is 0 Å². The molecule has 0 spiro atoms. The summed E-state index contributed by atoms with van der Waals surface area (Å²) in [4.78, 5) is 24.0. The zero-order chi connectivity index (χ0) is 20.6. The number of fused-ring (bicyclic) bond motifs is 1. The van der Waals surface area contributed by atoms with Crippen LogP contribution in [0.2, 0.25) is 0 Å². The molecule has 0 saturated heterocycles. The van der Waals surface area contributed by atoms with Crippen molar-refractivity contribution < 1.29 is 33.3 Å². The van der Waals surface area contributed by atoms with Gasteiger partial charge in [0.1, 0.15) is 24.7 Å². The molecular weight excluding hydrogens is 378 g/mol. The third-order valence-electron chi connectivity index (χ3n) is 4.22. The molecule has 0 radical (unpaired) electrons. The number of nitrogens with one attached hydrogen (secondary N) is 1. The van der Waals surface area contributed by atoms with Crippen LogP contribution in [0.15, 0.2) is 36.4 Å². The second kappa shape index (κ2) is 9.68. The summed E-state index contributed by atoms with van der Waals surface area (Å²) in [5, 5.41) is 2.67. The highest BCUT2D eigenvalue weighted by Gasteiger charge is 2.14. The quantitative estimate of drug-likeness (QED) is 0.680. The van der Waals surface area contributed by atoms with Gasteiger partial charge in [0.25, 0.3) is 5.91 Å². The van der Waals surface area contributed by atoms with Gasteiger partial charge in [-0.2, -0.15) is 0 Å². The number of ether oxygens (including phenoxy) is 5. The van der Waals surface area contributed by atoms with E-state index in [0.717, 1.165) is 5.56 Å². The van der Waals surface area contributed by atoms with E-state index in [9.17, 15) is 9.59 Å². The normalized spacial score (nSPS) is 12.1. The minimum atomic E-state index is -0.468. The average Bonchev–Trinajstić information content (AvgIpc) is 2.75. The number of carbonyl (C=O) groups is 2. The molecule has 1 heterocycles. The van der Waals surface area contributed by atoms with Crippen LogP contribution in [0.3, 0.4) is 0 Å². The van der Waals surface area contributed by atoms with Crippen LogP contribution in [0.1, 0.15) is 12.0 Å². The van der Waals surface area contributed by atoms with Crippen LogP contribution < -0.4 is 24.3 Å². The van der Waals surface area contributed by atoms with Gasteiger partial charge in [-0.05, 0) is 36.2 Å². The molecule has 29 heavy (non-hydrogen) atoms. The first kappa shape index (κ1) is 20.3. The summed E-state index contributed by atoms with van der Waals surface area (Å²) in [5.74, 6) is 1.59. The molecule has 0 unspecified atom stereocenters. The summed E-state index contributed by atoms with van der Waals surface area (Å²) in [7, 11) is 3.13. The number of anilines is 1. The van der Waals surface area contributed by atoms with E-state index in [1.807, 2.05) is 12.1 Å². The number of amides is 1. The Hall–Kier alpha value is -3.42. The number of carbonyl (C=O) groups excluding carboxylic acids is 2. The van der Waals surface area contributed by atoms with Crippen LogP contribution in [-0.4, -0.2) is 45.9 Å². The molecule has 2 aromatic carbocycles. The second-order valence-corrected chi connectivity index (χ2v) is 6.29. The first-order valence-corrected chi connectivity index (χ1v) is 9.14. The summed E-state index contributed by atoms with van der Waals surface area (Å²) >= 11 is 0. The lowest BCUT2D eigenvalue weighted by atomic mass is 10.1. The lowest BCUT2D eigenvalue weighted by Gasteiger charge is -2.19. The van der Waals surface area contributed by atoms with Crippen molar-refractivity contribution in [2.24, 2.45) is 0 Å². The number of rotatable bonds is 8. The molecule has 1 aliphatic rings. The highest BCUT2D eigenvalue weighted by molar-refractivity contribution is 5.93. The van der Waals surface area contributed by atoms with Gasteiger partial charge in [-0.1, -0.05) is 0 Å². The molecule has 0 fully saturated rings. The van der Waals surface area contributed by atoms with Gasteiger partial charge in [0, 0.05) is 24.2 Å². The molecule has 0 atom stereocenters. The SMILES string of the molecule is COc1cc(CCC(=O)OCC(=O)Nc2ccc3c(c2)OCCO3)cc(OC)c1. The lowest BCUT2D eigenvalue weighted by molar-refractivity contribution is -0.147. The van der Waals surface area contributed by atoms with Crippen molar-refractivity contribution in [3.63, 3.8) is 0 Å². The van der Waals surface area contributed by atoms with Crippen molar-refractivity contribution in [2.75, 3.05) is 39.4 Å². The van der Waals surface area contributed by atoms with Gasteiger partial charge in [0.2, 0.25) is 0 Å². The first-order chi connectivity index (χ1) is 14.1. The maximum atomic E-state index is 12.0. The third-order valence-corrected chi connectivity index (χ3v) is 4.22. The third kappa shape index (κ3) is 5.78. The topological polar surface area (TPSA) is 92.3 Å². The molecule has 0 aliphatic carbocycles. The van der Waals surface area contributed by atoms with Crippen LogP contribution in [0.25, 0.3) is 0 Å². The zero-order valence-corrected chi connectivity index (χ0v) is 16.4. The summed E-state index contributed by atoms with van der Waals surface area (Å²) in [6, 6.07) is 10.5. The zero-order valence-electron chi connectivity index (χ0n) is 16.4. The van der Waals surface area contributed by atoms with Crippen molar-refractivity contribution in [3.05, 3.63) is 42.0 Å². The summed E-state index contributed by atoms with van der Waals surface area (Å²) in [5.41, 5.74) is 1.41. The largest absolute Gasteiger partial charge is 0.497 e. The van der Waals surface area contributed by atoms with E-state index in [0.29, 0.717) is 48.3 Å². The molecular formula is C21H23NO7. The van der Waals surface area contributed by atoms with Crippen molar-refractivity contribution in [2.45, 2.75) is 12.8 Å². The highest BCUT2D eigenvalue weighted by atomic mass is 16.6. The summed E-state index contributed by atoms with van der Waals surface area (Å²) in [6.07, 6.45) is 0.573. The van der Waals surface area contributed by atoms with Crippen molar-refractivity contribution >= 4 is 17.6 Å². The van der Waals surface area contributed by atoms with Crippen LogP contribution in [0.5, 0.6) is 23.0 Å². The van der Waals surface area contributed by atoms with Gasteiger partial charge >= 0.3 is 5.97 Å². The molecule has 8 heteroatoms. The highest BCUT2D eigenvalue weighted by Crippen LogP contribution is 2.32. The molecule has 0 saturated carbocycles. The molecule has 2 aromatic rings. The maximum Gasteiger partial charge on any atom is 0.306 e. The predicted octanol–water partition coefficient (Wildman–Crippen LogP) is 2.59. The van der Waals surface area contributed by atoms with Crippen LogP contribution >= 0.6 is 0 Å². The number of hydrogen-bond acceptors (Lipinski definition) is 7. The van der Waals surface area contributed by atoms with E-state index in [4.69, 9.17) is 23.7 Å². The van der Waals surface area contributed by atoms with Gasteiger partial charge in [0.15, 0.2) is 18.1 Å². The fourth-order valence-electron chi connectivity index (χ4n) is 2.79. The van der Waals surface area contributed by atoms with E-state index in [1.54, 1.807) is 38.5 Å². The molecule has 3 rings (SSSR count). The molecule has 8 nitrogen and oxygen atoms in total. The molecule has 154 valence electrons. The first-order valence-electron chi connectivity index (χ1n) is 9.14. The Morgan fingerprint density at radius 3 is 2.34 bits per heavy atom. The minimum Gasteiger partial charge on any atom is -0.497 e. The molecule has 1 aliphatic heterocycles. The number of methoxy groups -OCH3 is 2. The smallest absolute Gasteiger partial charge is 0.306 e. The Bertz CT molecular complexity index is 859. The van der Waals surface area contributed by atoms with Crippen LogP contribution in [0, 0.1) is 0 Å². The molecule has 1 N–H and O–H groups in total. The van der Waals surface area contributed by atoms with Crippen LogP contribution in [-0.2, 0) is 20.7 Å². The van der Waals surface area contributed by atoms with Gasteiger partial charge in [-0.3, -0.25) is 9.59 Å².